The molecule has 82 heavy (non-hydrogen) atoms. The van der Waals surface area contributed by atoms with E-state index < -0.39 is 0 Å². The first-order chi connectivity index (χ1) is 37.2. The van der Waals surface area contributed by atoms with Gasteiger partial charge in [-0.3, -0.25) is 0 Å². The van der Waals surface area contributed by atoms with Gasteiger partial charge in [0.1, 0.15) is 6.04 Å². The van der Waals surface area contributed by atoms with E-state index in [1.807, 2.05) is 0 Å². The van der Waals surface area contributed by atoms with Gasteiger partial charge in [0.25, 0.3) is 0 Å². The number of allylic oxidation sites excluding steroid dienone is 2. The summed E-state index contributed by atoms with van der Waals surface area (Å²) in [5.74, 6) is 0.394. The molecule has 0 radical (unpaired) electrons. The number of hydroxylamine groups is 2. The van der Waals surface area contributed by atoms with E-state index in [-0.39, 0.29) is 22.2 Å². The molecule has 14 nitrogen and oxygen atoms in total. The maximum absolute atomic E-state index is 12.2. The van der Waals surface area contributed by atoms with E-state index >= 15 is 0 Å². The van der Waals surface area contributed by atoms with Crippen molar-refractivity contribution in [2.75, 3.05) is 160 Å². The average molecular weight is 1150 g/mol. The first-order valence-corrected chi connectivity index (χ1v) is 31.1. The van der Waals surface area contributed by atoms with Crippen LogP contribution in [0.1, 0.15) is 118 Å². The normalized spacial score (nSPS) is 18.9. The van der Waals surface area contributed by atoms with Crippen molar-refractivity contribution in [1.82, 2.24) is 9.96 Å². The van der Waals surface area contributed by atoms with Crippen molar-refractivity contribution in [2.24, 2.45) is 0 Å². The van der Waals surface area contributed by atoms with Crippen molar-refractivity contribution in [2.45, 2.75) is 167 Å². The van der Waals surface area contributed by atoms with Gasteiger partial charge in [-0.05, 0) is 44.4 Å². The Balaban J connectivity index is 0.000000297. The molecule has 0 bridgehead atoms. The zero-order chi connectivity index (χ0) is 62.6. The lowest BCUT2D eigenvalue weighted by Crippen LogP contribution is -2.64. The Morgan fingerprint density at radius 1 is 0.451 bits per heavy atom. The van der Waals surface area contributed by atoms with Crippen LogP contribution in [0.15, 0.2) is 98.1 Å². The van der Waals surface area contributed by atoms with Crippen molar-refractivity contribution in [3.05, 3.63) is 114 Å². The van der Waals surface area contributed by atoms with Crippen LogP contribution in [0.5, 0.6) is 0 Å². The Kier molecular flexibility index (Phi) is 25.5. The monoisotopic (exact) mass is 1150 g/mol. The van der Waals surface area contributed by atoms with E-state index in [0.717, 1.165) is 78.8 Å². The Morgan fingerprint density at radius 3 is 1.05 bits per heavy atom. The molecule has 14 heteroatoms. The van der Waals surface area contributed by atoms with Crippen LogP contribution >= 0.6 is 0 Å². The highest BCUT2D eigenvalue weighted by atomic mass is 16.5. The minimum Gasteiger partial charge on any atom is -0.784 e. The van der Waals surface area contributed by atoms with E-state index in [1.165, 1.54) is 78.4 Å². The number of nitrogens with zero attached hydrogens (tertiary/aromatic N) is 12. The predicted octanol–water partition coefficient (Wildman–Crippen LogP) is 9.12. The second-order valence-corrected chi connectivity index (χ2v) is 33.1. The number of quaternary nitrogens is 6. The Hall–Kier alpha value is -3.99. The van der Waals surface area contributed by atoms with Crippen LogP contribution in [0, 0.1) is 10.1 Å². The van der Waals surface area contributed by atoms with Crippen LogP contribution in [-0.4, -0.2) is 235 Å². The summed E-state index contributed by atoms with van der Waals surface area (Å²) < 4.78 is 14.2. The van der Waals surface area contributed by atoms with Crippen molar-refractivity contribution in [1.29, 1.82) is 0 Å². The molecule has 0 aromatic carbocycles. The van der Waals surface area contributed by atoms with Crippen LogP contribution < -0.4 is 13.7 Å². The van der Waals surface area contributed by atoms with Crippen LogP contribution in [0.2, 0.25) is 0 Å². The zero-order valence-electron chi connectivity index (χ0n) is 58.0. The van der Waals surface area contributed by atoms with Crippen molar-refractivity contribution < 1.29 is 45.4 Å². The zero-order valence-corrected chi connectivity index (χ0v) is 58.0. The highest BCUT2D eigenvalue weighted by Crippen LogP contribution is 2.40. The molecular weight excluding hydrogens is 1020 g/mol. The number of piperidine rings is 2. The molecule has 2 saturated heterocycles. The Labute approximate surface area is 504 Å². The standard InChI is InChI=1S/C22H39N4.C22H38N4.2C12H26N2O/c2*1-25(2,3)19-7-13-23-15-9-21(10-16-23)22-11-17-24(18-12-22)14-8-20-26(4,5)6;2*1-11(2)8-10(14(5,6)7)9-12(3,4)13(11)15/h9-12,15-18,21H,7-8,13-14,19-20H2,1-6H3;9-12,15-18H,7-8,13-14,19-20H2,1-6H3;2*10H,8-9H2,1-7H3/q+3;+4;;+2. The van der Waals surface area contributed by atoms with Crippen molar-refractivity contribution in [3.8, 4) is 11.1 Å². The average Bonchev–Trinajstić information content (AvgIpc) is 3.53. The smallest absolute Gasteiger partial charge is 0.211 e. The molecule has 6 rings (SSSR count). The van der Waals surface area contributed by atoms with E-state index in [0.29, 0.717) is 18.0 Å². The number of hydrogen-bond donors (Lipinski definition) is 0. The van der Waals surface area contributed by atoms with Crippen LogP contribution in [0.25, 0.3) is 11.1 Å². The summed E-state index contributed by atoms with van der Waals surface area (Å²) >= 11 is 0. The number of aromatic nitrogens is 3. The van der Waals surface area contributed by atoms with Crippen molar-refractivity contribution >= 4 is 0 Å². The number of nitroso groups, excluding NO2 is 1. The fraction of sp³-hybridized carbons (Fsp3) is 0.721. The number of rotatable bonds is 20. The molecule has 0 atom stereocenters. The third-order valence-corrected chi connectivity index (χ3v) is 16.7. The maximum Gasteiger partial charge on any atom is 0.211 e. The second kappa shape index (κ2) is 28.9. The van der Waals surface area contributed by atoms with Crippen LogP contribution in [0.3, 0.4) is 0 Å². The topological polar surface area (TPSA) is 61.3 Å². The molecule has 0 saturated carbocycles. The molecule has 3 aliphatic rings. The molecule has 0 spiro atoms. The lowest BCUT2D eigenvalue weighted by atomic mass is 9.78. The molecule has 3 aliphatic heterocycles. The summed E-state index contributed by atoms with van der Waals surface area (Å²) in [6.07, 6.45) is 31.1. The van der Waals surface area contributed by atoms with Gasteiger partial charge in [0.2, 0.25) is 11.1 Å². The fourth-order valence-corrected chi connectivity index (χ4v) is 11.8. The SMILES string of the molecule is CC1(C)CC([N+](C)(C)C)CC(C)(C)N1[O-].CC1(C)CC([N+](C)(C)C)CC(C)(C)[N+]1=O.C[N+](C)(C)CCCN1C=CC(c2cc[n+](CCC[N+](C)(C)C)cc2)C=C1.C[N+](C)(C)CCC[n+]1ccc(-c2cc[n+](CCC[N+](C)(C)C)cc2)cc1. The van der Waals surface area contributed by atoms with E-state index in [1.54, 1.807) is 0 Å². The molecule has 0 unspecified atom stereocenters. The fourth-order valence-electron chi connectivity index (χ4n) is 11.8. The molecule has 3 aromatic rings. The highest BCUT2D eigenvalue weighted by molar-refractivity contribution is 5.60. The van der Waals surface area contributed by atoms with Crippen LogP contribution in [-0.2, 0) is 19.6 Å². The summed E-state index contributed by atoms with van der Waals surface area (Å²) in [5.41, 5.74) is 2.98. The molecule has 0 amide bonds. The van der Waals surface area contributed by atoms with Gasteiger partial charge in [-0.15, -0.1) is 0 Å². The minimum atomic E-state index is -0.238. The van der Waals surface area contributed by atoms with Gasteiger partial charge in [-0.25, -0.2) is 13.7 Å². The summed E-state index contributed by atoms with van der Waals surface area (Å²) in [6, 6.07) is 14.6. The predicted molar refractivity (Wildman–Crippen MR) is 344 cm³/mol. The lowest BCUT2D eigenvalue weighted by Gasteiger charge is -2.61. The Morgan fingerprint density at radius 2 is 0.744 bits per heavy atom. The van der Waals surface area contributed by atoms with Gasteiger partial charge >= 0.3 is 0 Å². The number of aryl methyl sites for hydroxylation is 3. The Bertz CT molecular complexity index is 2320. The van der Waals surface area contributed by atoms with Crippen molar-refractivity contribution in [3.63, 3.8) is 0 Å². The largest absolute Gasteiger partial charge is 0.784 e. The van der Waals surface area contributed by atoms with Gasteiger partial charge in [0, 0.05) is 129 Å². The first-order valence-electron chi connectivity index (χ1n) is 31.1. The molecule has 0 aliphatic carbocycles. The van der Waals surface area contributed by atoms with Gasteiger partial charge in [-0.1, -0.05) is 12.2 Å². The number of hydrogen-bond acceptors (Lipinski definition) is 4. The minimum absolute atomic E-state index is 0.238. The first kappa shape index (κ1) is 72.3. The van der Waals surface area contributed by atoms with E-state index in [4.69, 9.17) is 0 Å². The maximum atomic E-state index is 12.2. The van der Waals surface area contributed by atoms with Crippen LogP contribution in [0.4, 0.5) is 0 Å². The van der Waals surface area contributed by atoms with E-state index in [9.17, 15) is 10.1 Å². The highest BCUT2D eigenvalue weighted by Gasteiger charge is 2.57. The summed E-state index contributed by atoms with van der Waals surface area (Å²) in [6.45, 7) is 25.6. The summed E-state index contributed by atoms with van der Waals surface area (Å²) in [7, 11) is 40.3. The van der Waals surface area contributed by atoms with Gasteiger partial charge in [0.05, 0.1) is 191 Å². The number of pyridine rings is 3. The molecule has 6 heterocycles. The molecule has 0 N–H and O–H groups in total. The molecular formula is C68H129N12O2+9. The third-order valence-electron chi connectivity index (χ3n) is 16.7. The second-order valence-electron chi connectivity index (χ2n) is 33.1. The summed E-state index contributed by atoms with van der Waals surface area (Å²) in [5, 5.41) is 13.4. The van der Waals surface area contributed by atoms with Gasteiger partial charge < -0.3 is 42.1 Å². The molecule has 464 valence electrons. The van der Waals surface area contributed by atoms with Gasteiger partial charge in [-0.2, -0.15) is 0 Å². The van der Waals surface area contributed by atoms with Gasteiger partial charge in [0.15, 0.2) is 56.8 Å². The third kappa shape index (κ3) is 26.1. The molecule has 2 fully saturated rings. The quantitative estimate of drug-likeness (QED) is 0.0838. The lowest BCUT2D eigenvalue weighted by molar-refractivity contribution is -0.908. The summed E-state index contributed by atoms with van der Waals surface area (Å²) in [4.78, 5) is 14.5. The molecule has 3 aromatic heterocycles. The van der Waals surface area contributed by atoms with E-state index in [2.05, 4.69) is 299 Å².